The van der Waals surface area contributed by atoms with Crippen LogP contribution >= 0.6 is 22.6 Å². The topological polar surface area (TPSA) is 26.0 Å². The van der Waals surface area contributed by atoms with Crippen LogP contribution in [0.5, 0.6) is 0 Å². The minimum Gasteiger partial charge on any atom is -0.316 e. The molecule has 0 aliphatic rings. The largest absolute Gasteiger partial charge is 0.407 e. The van der Waals surface area contributed by atoms with Gasteiger partial charge in [-0.1, -0.05) is 6.07 Å². The van der Waals surface area contributed by atoms with E-state index in [2.05, 4.69) is 0 Å². The predicted molar refractivity (Wildman–Crippen MR) is 52.1 cm³/mol. The molecular weight excluding hydrogens is 313 g/mol. The summed E-state index contributed by atoms with van der Waals surface area (Å²) in [5.41, 5.74) is 4.63. The number of benzene rings is 1. The minimum absolute atomic E-state index is 0.265. The lowest BCUT2D eigenvalue weighted by Gasteiger charge is -2.15. The molecule has 0 unspecified atom stereocenters. The molecule has 0 radical (unpaired) electrons. The lowest BCUT2D eigenvalue weighted by molar-refractivity contribution is -0.149. The van der Waals surface area contributed by atoms with E-state index in [0.717, 1.165) is 6.07 Å². The molecule has 0 heterocycles. The van der Waals surface area contributed by atoms with E-state index in [1.54, 1.807) is 22.6 Å². The fourth-order valence-electron chi connectivity index (χ4n) is 0.895. The lowest BCUT2D eigenvalue weighted by Crippen LogP contribution is -2.28. The summed E-state index contributed by atoms with van der Waals surface area (Å²) in [6.45, 7) is 0. The zero-order chi connectivity index (χ0) is 10.9. The molecule has 0 saturated heterocycles. The summed E-state index contributed by atoms with van der Waals surface area (Å²) in [6.07, 6.45) is -4.54. The molecule has 0 amide bonds. The smallest absolute Gasteiger partial charge is 0.316 e. The van der Waals surface area contributed by atoms with Crippen molar-refractivity contribution in [2.45, 2.75) is 12.2 Å². The molecule has 14 heavy (non-hydrogen) atoms. The van der Waals surface area contributed by atoms with E-state index in [0.29, 0.717) is 0 Å². The van der Waals surface area contributed by atoms with E-state index in [4.69, 9.17) is 5.73 Å². The molecule has 0 aliphatic heterocycles. The summed E-state index contributed by atoms with van der Waals surface area (Å²) >= 11 is 1.69. The number of alkyl halides is 3. The highest BCUT2D eigenvalue weighted by atomic mass is 127. The molecule has 0 saturated carbocycles. The Hall–Kier alpha value is -0.370. The van der Waals surface area contributed by atoms with Crippen molar-refractivity contribution in [3.8, 4) is 0 Å². The van der Waals surface area contributed by atoms with Crippen LogP contribution in [0.15, 0.2) is 18.2 Å². The van der Waals surface area contributed by atoms with Crippen molar-refractivity contribution in [1.29, 1.82) is 0 Å². The molecular formula is C8H6F4IN. The number of halogens is 5. The van der Waals surface area contributed by atoms with E-state index in [9.17, 15) is 17.6 Å². The Morgan fingerprint density at radius 3 is 2.29 bits per heavy atom. The average molecular weight is 319 g/mol. The number of rotatable bonds is 1. The third-order valence-electron chi connectivity index (χ3n) is 1.66. The molecule has 6 heteroatoms. The van der Waals surface area contributed by atoms with E-state index in [-0.39, 0.29) is 9.13 Å². The predicted octanol–water partition coefficient (Wildman–Crippen LogP) is 2.99. The third kappa shape index (κ3) is 2.57. The number of nitrogens with two attached hydrogens (primary N) is 1. The Morgan fingerprint density at radius 1 is 1.29 bits per heavy atom. The summed E-state index contributed by atoms with van der Waals surface area (Å²) in [7, 11) is 0. The van der Waals surface area contributed by atoms with Gasteiger partial charge in [-0.2, -0.15) is 13.2 Å². The van der Waals surface area contributed by atoms with Gasteiger partial charge in [0.15, 0.2) is 0 Å². The second kappa shape index (κ2) is 4.01. The van der Waals surface area contributed by atoms with Crippen molar-refractivity contribution >= 4 is 22.6 Å². The van der Waals surface area contributed by atoms with E-state index < -0.39 is 18.0 Å². The monoisotopic (exact) mass is 319 g/mol. The first-order chi connectivity index (χ1) is 6.32. The van der Waals surface area contributed by atoms with Gasteiger partial charge in [0.2, 0.25) is 0 Å². The van der Waals surface area contributed by atoms with Crippen LogP contribution in [0.1, 0.15) is 11.6 Å². The Balaban J connectivity index is 3.03. The maximum absolute atomic E-state index is 12.9. The van der Waals surface area contributed by atoms with Crippen LogP contribution in [-0.4, -0.2) is 6.18 Å². The zero-order valence-corrected chi connectivity index (χ0v) is 8.93. The SMILES string of the molecule is N[C@@H](c1ccc(I)c(F)c1)C(F)(F)F. The quantitative estimate of drug-likeness (QED) is 0.625. The normalized spacial score (nSPS) is 14.1. The standard InChI is InChI=1S/C8H6F4IN/c9-5-3-4(1-2-6(5)13)7(14)8(10,11)12/h1-3,7H,14H2/t7-/m0/s1. The molecule has 0 aliphatic carbocycles. The third-order valence-corrected chi connectivity index (χ3v) is 2.53. The molecule has 0 fully saturated rings. The van der Waals surface area contributed by atoms with Crippen LogP contribution in [-0.2, 0) is 0 Å². The Bertz CT molecular complexity index is 337. The van der Waals surface area contributed by atoms with Crippen LogP contribution in [0, 0.1) is 9.39 Å². The summed E-state index contributed by atoms with van der Waals surface area (Å²) in [5.74, 6) is -0.692. The first-order valence-electron chi connectivity index (χ1n) is 3.59. The second-order valence-electron chi connectivity index (χ2n) is 2.69. The Kier molecular flexibility index (Phi) is 3.36. The van der Waals surface area contributed by atoms with Gasteiger partial charge in [0.1, 0.15) is 11.9 Å². The summed E-state index contributed by atoms with van der Waals surface area (Å²) in [6, 6.07) is 1.11. The fraction of sp³-hybridized carbons (Fsp3) is 0.250. The lowest BCUT2D eigenvalue weighted by atomic mass is 10.1. The highest BCUT2D eigenvalue weighted by Crippen LogP contribution is 2.31. The van der Waals surface area contributed by atoms with Gasteiger partial charge in [-0.15, -0.1) is 0 Å². The summed E-state index contributed by atoms with van der Waals surface area (Å²) < 4.78 is 49.5. The summed E-state index contributed by atoms with van der Waals surface area (Å²) in [4.78, 5) is 0. The highest BCUT2D eigenvalue weighted by Gasteiger charge is 2.37. The van der Waals surface area contributed by atoms with Crippen molar-refractivity contribution in [2.24, 2.45) is 5.73 Å². The second-order valence-corrected chi connectivity index (χ2v) is 3.86. The first-order valence-corrected chi connectivity index (χ1v) is 4.67. The van der Waals surface area contributed by atoms with Gasteiger partial charge >= 0.3 is 6.18 Å². The molecule has 1 rings (SSSR count). The molecule has 0 spiro atoms. The van der Waals surface area contributed by atoms with Crippen LogP contribution < -0.4 is 5.73 Å². The molecule has 2 N–H and O–H groups in total. The maximum atomic E-state index is 12.9. The fourth-order valence-corrected chi connectivity index (χ4v) is 1.23. The van der Waals surface area contributed by atoms with E-state index in [1.165, 1.54) is 12.1 Å². The van der Waals surface area contributed by atoms with Gasteiger partial charge in [-0.05, 0) is 40.3 Å². The Morgan fingerprint density at radius 2 is 1.86 bits per heavy atom. The molecule has 78 valence electrons. The Labute approximate surface area is 91.4 Å². The first kappa shape index (κ1) is 11.7. The van der Waals surface area contributed by atoms with Crippen LogP contribution in [0.4, 0.5) is 17.6 Å². The van der Waals surface area contributed by atoms with Crippen molar-refractivity contribution in [2.75, 3.05) is 0 Å². The van der Waals surface area contributed by atoms with Crippen LogP contribution in [0.3, 0.4) is 0 Å². The van der Waals surface area contributed by atoms with Gasteiger partial charge in [-0.25, -0.2) is 4.39 Å². The summed E-state index contributed by atoms with van der Waals surface area (Å²) in [5, 5.41) is 0. The van der Waals surface area contributed by atoms with Crippen LogP contribution in [0.25, 0.3) is 0 Å². The van der Waals surface area contributed by atoms with Crippen LogP contribution in [0.2, 0.25) is 0 Å². The molecule has 1 aromatic rings. The zero-order valence-electron chi connectivity index (χ0n) is 6.78. The van der Waals surface area contributed by atoms with Gasteiger partial charge in [0.25, 0.3) is 0 Å². The average Bonchev–Trinajstić information content (AvgIpc) is 2.07. The molecule has 0 bridgehead atoms. The molecule has 1 aromatic carbocycles. The maximum Gasteiger partial charge on any atom is 0.407 e. The van der Waals surface area contributed by atoms with Gasteiger partial charge in [0, 0.05) is 3.57 Å². The number of hydrogen-bond acceptors (Lipinski definition) is 1. The number of hydrogen-bond donors (Lipinski definition) is 1. The van der Waals surface area contributed by atoms with Gasteiger partial charge in [-0.3, -0.25) is 0 Å². The van der Waals surface area contributed by atoms with Gasteiger partial charge < -0.3 is 5.73 Å². The van der Waals surface area contributed by atoms with Crippen molar-refractivity contribution in [3.63, 3.8) is 0 Å². The van der Waals surface area contributed by atoms with Crippen molar-refractivity contribution in [1.82, 2.24) is 0 Å². The van der Waals surface area contributed by atoms with Gasteiger partial charge in [0.05, 0.1) is 0 Å². The molecule has 1 atom stereocenters. The van der Waals surface area contributed by atoms with E-state index in [1.807, 2.05) is 0 Å². The van der Waals surface area contributed by atoms with Crippen molar-refractivity contribution in [3.05, 3.63) is 33.1 Å². The molecule has 1 nitrogen and oxygen atoms in total. The van der Waals surface area contributed by atoms with Crippen molar-refractivity contribution < 1.29 is 17.6 Å². The minimum atomic E-state index is -4.54. The molecule has 0 aromatic heterocycles. The van der Waals surface area contributed by atoms with E-state index >= 15 is 0 Å². The highest BCUT2D eigenvalue weighted by molar-refractivity contribution is 14.1.